The zero-order chi connectivity index (χ0) is 18.2. The average molecular weight is 328 g/mol. The van der Waals surface area contributed by atoms with Crippen LogP contribution in [-0.2, 0) is 19.1 Å². The molecule has 0 rings (SSSR count). The Morgan fingerprint density at radius 2 is 1.74 bits per heavy atom. The van der Waals surface area contributed by atoms with Crippen LogP contribution >= 0.6 is 0 Å². The van der Waals surface area contributed by atoms with Crippen molar-refractivity contribution in [1.82, 2.24) is 10.6 Å². The number of alkyl carbamates (subject to hydrolysis) is 1. The molecule has 0 heterocycles. The number of rotatable bonds is 6. The molecule has 0 spiro atoms. The average Bonchev–Trinajstić information content (AvgIpc) is 2.40. The normalized spacial score (nSPS) is 13.3. The molecule has 7 heteroatoms. The molecule has 132 valence electrons. The Bertz CT molecular complexity index is 464. The molecule has 0 fully saturated rings. The van der Waals surface area contributed by atoms with E-state index in [4.69, 9.17) is 4.74 Å². The lowest BCUT2D eigenvalue weighted by atomic mass is 10.0. The SMILES string of the molecule is C/C=C(/NC(=O)[C@H](CC(C)C)NC(=O)OC(C)(C)C)C(=O)OC. The maximum Gasteiger partial charge on any atom is 0.408 e. The van der Waals surface area contributed by atoms with Crippen LogP contribution in [-0.4, -0.2) is 36.7 Å². The zero-order valence-electron chi connectivity index (χ0n) is 15.0. The Kier molecular flexibility index (Phi) is 8.35. The van der Waals surface area contributed by atoms with Crippen LogP contribution in [0.25, 0.3) is 0 Å². The molecule has 0 aliphatic carbocycles. The third-order valence-electron chi connectivity index (χ3n) is 2.67. The minimum Gasteiger partial charge on any atom is -0.464 e. The molecule has 0 saturated heterocycles. The Hall–Kier alpha value is -2.05. The van der Waals surface area contributed by atoms with E-state index >= 15 is 0 Å². The zero-order valence-corrected chi connectivity index (χ0v) is 15.0. The molecule has 0 aromatic carbocycles. The number of hydrogen-bond acceptors (Lipinski definition) is 5. The molecule has 0 aliphatic rings. The Morgan fingerprint density at radius 3 is 2.13 bits per heavy atom. The van der Waals surface area contributed by atoms with E-state index in [9.17, 15) is 14.4 Å². The van der Waals surface area contributed by atoms with Gasteiger partial charge in [0.15, 0.2) is 0 Å². The lowest BCUT2D eigenvalue weighted by molar-refractivity contribution is -0.138. The van der Waals surface area contributed by atoms with Gasteiger partial charge in [-0.2, -0.15) is 0 Å². The molecule has 0 aromatic rings. The van der Waals surface area contributed by atoms with Crippen LogP contribution in [0.1, 0.15) is 48.0 Å². The minimum absolute atomic E-state index is 0.0252. The third-order valence-corrected chi connectivity index (χ3v) is 2.67. The van der Waals surface area contributed by atoms with Gasteiger partial charge in [-0.1, -0.05) is 19.9 Å². The van der Waals surface area contributed by atoms with E-state index in [2.05, 4.69) is 15.4 Å². The number of allylic oxidation sites excluding steroid dienone is 1. The molecule has 23 heavy (non-hydrogen) atoms. The Balaban J connectivity index is 4.99. The number of esters is 1. The van der Waals surface area contributed by atoms with Gasteiger partial charge in [0.2, 0.25) is 5.91 Å². The molecule has 0 aromatic heterocycles. The second-order valence-electron chi connectivity index (χ2n) is 6.51. The van der Waals surface area contributed by atoms with Gasteiger partial charge in [0.05, 0.1) is 7.11 Å². The standard InChI is InChI=1S/C16H28N2O5/c1-8-11(14(20)22-7)17-13(19)12(9-10(2)3)18-15(21)23-16(4,5)6/h8,10,12H,9H2,1-7H3,(H,17,19)(H,18,21)/b11-8+/t12-/m0/s1. The first-order valence-electron chi connectivity index (χ1n) is 7.55. The summed E-state index contributed by atoms with van der Waals surface area (Å²) in [6, 6.07) is -0.815. The fraction of sp³-hybridized carbons (Fsp3) is 0.688. The van der Waals surface area contributed by atoms with E-state index < -0.39 is 29.6 Å². The summed E-state index contributed by atoms with van der Waals surface area (Å²) in [6.45, 7) is 10.7. The lowest BCUT2D eigenvalue weighted by Crippen LogP contribution is -2.49. The molecular weight excluding hydrogens is 300 g/mol. The monoisotopic (exact) mass is 328 g/mol. The maximum atomic E-state index is 12.3. The molecule has 0 aliphatic heterocycles. The van der Waals surface area contributed by atoms with Crippen LogP contribution in [0.3, 0.4) is 0 Å². The number of ether oxygens (including phenoxy) is 2. The van der Waals surface area contributed by atoms with Crippen molar-refractivity contribution in [2.45, 2.75) is 59.6 Å². The van der Waals surface area contributed by atoms with E-state index in [1.807, 2.05) is 13.8 Å². The molecule has 7 nitrogen and oxygen atoms in total. The van der Waals surface area contributed by atoms with Crippen molar-refractivity contribution in [2.75, 3.05) is 7.11 Å². The van der Waals surface area contributed by atoms with Gasteiger partial charge in [-0.3, -0.25) is 4.79 Å². The Labute approximate surface area is 137 Å². The van der Waals surface area contributed by atoms with Crippen LogP contribution < -0.4 is 10.6 Å². The van der Waals surface area contributed by atoms with Gasteiger partial charge in [0.1, 0.15) is 17.3 Å². The second-order valence-corrected chi connectivity index (χ2v) is 6.51. The van der Waals surface area contributed by atoms with Crippen molar-refractivity contribution in [1.29, 1.82) is 0 Å². The Morgan fingerprint density at radius 1 is 1.17 bits per heavy atom. The summed E-state index contributed by atoms with van der Waals surface area (Å²) in [5, 5.41) is 5.01. The van der Waals surface area contributed by atoms with Gasteiger partial charge in [-0.15, -0.1) is 0 Å². The number of carbonyl (C=O) groups is 3. The summed E-state index contributed by atoms with van der Waals surface area (Å²) in [4.78, 5) is 35.7. The molecule has 0 radical (unpaired) electrons. The highest BCUT2D eigenvalue weighted by Crippen LogP contribution is 2.10. The summed E-state index contributed by atoms with van der Waals surface area (Å²) >= 11 is 0. The molecule has 0 saturated carbocycles. The summed E-state index contributed by atoms with van der Waals surface area (Å²) in [5.74, 6) is -0.989. The topological polar surface area (TPSA) is 93.7 Å². The van der Waals surface area contributed by atoms with Gasteiger partial charge in [-0.25, -0.2) is 9.59 Å². The first-order chi connectivity index (χ1) is 10.5. The van der Waals surface area contributed by atoms with Gasteiger partial charge < -0.3 is 20.1 Å². The van der Waals surface area contributed by atoms with Gasteiger partial charge >= 0.3 is 12.1 Å². The summed E-state index contributed by atoms with van der Waals surface area (Å²) in [6.07, 6.45) is 1.16. The number of nitrogens with one attached hydrogen (secondary N) is 2. The van der Waals surface area contributed by atoms with Crippen molar-refractivity contribution in [2.24, 2.45) is 5.92 Å². The fourth-order valence-electron chi connectivity index (χ4n) is 1.72. The second kappa shape index (κ2) is 9.17. The van der Waals surface area contributed by atoms with E-state index in [1.54, 1.807) is 27.7 Å². The number of methoxy groups -OCH3 is 1. The van der Waals surface area contributed by atoms with Crippen molar-refractivity contribution in [3.63, 3.8) is 0 Å². The number of amides is 2. The fourth-order valence-corrected chi connectivity index (χ4v) is 1.72. The molecule has 0 unspecified atom stereocenters. The molecule has 1 atom stereocenters. The largest absolute Gasteiger partial charge is 0.464 e. The van der Waals surface area contributed by atoms with E-state index in [0.717, 1.165) is 0 Å². The van der Waals surface area contributed by atoms with Gasteiger partial charge in [0, 0.05) is 0 Å². The molecule has 2 N–H and O–H groups in total. The van der Waals surface area contributed by atoms with Crippen molar-refractivity contribution in [3.05, 3.63) is 11.8 Å². The van der Waals surface area contributed by atoms with Crippen LogP contribution in [0, 0.1) is 5.92 Å². The van der Waals surface area contributed by atoms with Gasteiger partial charge in [0.25, 0.3) is 0 Å². The predicted molar refractivity (Wildman–Crippen MR) is 86.5 cm³/mol. The van der Waals surface area contributed by atoms with Crippen molar-refractivity contribution in [3.8, 4) is 0 Å². The molecule has 2 amide bonds. The summed E-state index contributed by atoms with van der Waals surface area (Å²) < 4.78 is 9.74. The predicted octanol–water partition coefficient (Wildman–Crippen LogP) is 2.12. The number of hydrogen-bond donors (Lipinski definition) is 2. The van der Waals surface area contributed by atoms with E-state index in [-0.39, 0.29) is 11.6 Å². The smallest absolute Gasteiger partial charge is 0.408 e. The molecular formula is C16H28N2O5. The lowest BCUT2D eigenvalue weighted by Gasteiger charge is -2.24. The highest BCUT2D eigenvalue weighted by Gasteiger charge is 2.26. The summed E-state index contributed by atoms with van der Waals surface area (Å²) in [5.41, 5.74) is -0.638. The van der Waals surface area contributed by atoms with Crippen molar-refractivity contribution < 1.29 is 23.9 Å². The first kappa shape index (κ1) is 20.9. The third kappa shape index (κ3) is 8.85. The van der Waals surface area contributed by atoms with E-state index in [1.165, 1.54) is 13.2 Å². The van der Waals surface area contributed by atoms with E-state index in [0.29, 0.717) is 6.42 Å². The van der Waals surface area contributed by atoms with Crippen LogP contribution in [0.2, 0.25) is 0 Å². The molecule has 0 bridgehead atoms. The van der Waals surface area contributed by atoms with Crippen LogP contribution in [0.5, 0.6) is 0 Å². The van der Waals surface area contributed by atoms with Crippen LogP contribution in [0.15, 0.2) is 11.8 Å². The minimum atomic E-state index is -0.815. The summed E-state index contributed by atoms with van der Waals surface area (Å²) in [7, 11) is 1.22. The van der Waals surface area contributed by atoms with Crippen molar-refractivity contribution >= 4 is 18.0 Å². The highest BCUT2D eigenvalue weighted by atomic mass is 16.6. The number of carbonyl (C=O) groups excluding carboxylic acids is 3. The van der Waals surface area contributed by atoms with Gasteiger partial charge in [-0.05, 0) is 40.0 Å². The maximum absolute atomic E-state index is 12.3. The van der Waals surface area contributed by atoms with Crippen LogP contribution in [0.4, 0.5) is 4.79 Å². The quantitative estimate of drug-likeness (QED) is 0.575. The first-order valence-corrected chi connectivity index (χ1v) is 7.55. The highest BCUT2D eigenvalue weighted by molar-refractivity contribution is 5.96.